The summed E-state index contributed by atoms with van der Waals surface area (Å²) in [5, 5.41) is 2.11. The molecule has 2 aromatic carbocycles. The zero-order chi connectivity index (χ0) is 24.0. The minimum Gasteiger partial charge on any atom is -0.494 e. The molecule has 0 unspecified atom stereocenters. The van der Waals surface area contributed by atoms with E-state index in [1.165, 1.54) is 0 Å². The Labute approximate surface area is 206 Å². The third kappa shape index (κ3) is 5.62. The second-order valence-corrected chi connectivity index (χ2v) is 11.2. The quantitative estimate of drug-likeness (QED) is 0.372. The molecule has 3 aromatic rings. The molecule has 0 spiro atoms. The van der Waals surface area contributed by atoms with Gasteiger partial charge in [0.15, 0.2) is 4.80 Å². The number of aromatic nitrogens is 1. The second kappa shape index (κ2) is 11.3. The molecule has 2 heterocycles. The first-order valence-electron chi connectivity index (χ1n) is 12.1. The zero-order valence-corrected chi connectivity index (χ0v) is 21.6. The molecule has 0 saturated carbocycles. The summed E-state index contributed by atoms with van der Waals surface area (Å²) in [5.41, 5.74) is 2.94. The fourth-order valence-electron chi connectivity index (χ4n) is 4.13. The highest BCUT2D eigenvalue weighted by Crippen LogP contribution is 2.26. The summed E-state index contributed by atoms with van der Waals surface area (Å²) in [6.45, 7) is 6.87. The van der Waals surface area contributed by atoms with Crippen LogP contribution >= 0.6 is 11.3 Å². The average molecular weight is 500 g/mol. The van der Waals surface area contributed by atoms with Crippen molar-refractivity contribution in [3.63, 3.8) is 0 Å². The van der Waals surface area contributed by atoms with Crippen LogP contribution in [0.25, 0.3) is 11.3 Å². The molecule has 1 aliphatic heterocycles. The van der Waals surface area contributed by atoms with Gasteiger partial charge in [0.2, 0.25) is 10.0 Å². The van der Waals surface area contributed by atoms with Crippen molar-refractivity contribution in [3.8, 4) is 17.0 Å². The Morgan fingerprint density at radius 3 is 2.32 bits per heavy atom. The van der Waals surface area contributed by atoms with Gasteiger partial charge in [-0.2, -0.15) is 4.31 Å². The van der Waals surface area contributed by atoms with Gasteiger partial charge in [0.1, 0.15) is 5.75 Å². The van der Waals surface area contributed by atoms with E-state index in [2.05, 4.69) is 16.9 Å². The Hall–Kier alpha value is -2.42. The van der Waals surface area contributed by atoms with Gasteiger partial charge in [0, 0.05) is 25.0 Å². The van der Waals surface area contributed by atoms with E-state index in [9.17, 15) is 8.42 Å². The van der Waals surface area contributed by atoms with Gasteiger partial charge >= 0.3 is 0 Å². The molecule has 0 bridgehead atoms. The van der Waals surface area contributed by atoms with Crippen LogP contribution in [0.3, 0.4) is 0 Å². The Kier molecular flexibility index (Phi) is 8.24. The maximum atomic E-state index is 13.0. The summed E-state index contributed by atoms with van der Waals surface area (Å²) in [6.07, 6.45) is 5.10. The van der Waals surface area contributed by atoms with Crippen LogP contribution in [0.1, 0.15) is 46.0 Å². The van der Waals surface area contributed by atoms with Crippen molar-refractivity contribution < 1.29 is 13.2 Å². The Bertz CT molecular complexity index is 1240. The van der Waals surface area contributed by atoms with E-state index in [0.29, 0.717) is 24.6 Å². The third-order valence-corrected chi connectivity index (χ3v) is 8.78. The number of benzene rings is 2. The number of sulfonamides is 1. The highest BCUT2D eigenvalue weighted by Gasteiger charge is 2.25. The monoisotopic (exact) mass is 499 g/mol. The number of thiazole rings is 1. The molecular formula is C26H33N3O3S2. The Morgan fingerprint density at radius 1 is 0.971 bits per heavy atom. The molecule has 8 heteroatoms. The predicted octanol–water partition coefficient (Wildman–Crippen LogP) is 5.82. The fraction of sp³-hybridized carbons (Fsp3) is 0.423. The van der Waals surface area contributed by atoms with E-state index in [-0.39, 0.29) is 0 Å². The van der Waals surface area contributed by atoms with Crippen LogP contribution in [0.5, 0.6) is 5.75 Å². The van der Waals surface area contributed by atoms with Crippen molar-refractivity contribution in [1.82, 2.24) is 8.87 Å². The van der Waals surface area contributed by atoms with Gasteiger partial charge in [-0.25, -0.2) is 13.4 Å². The number of ether oxygens (including phenoxy) is 1. The summed E-state index contributed by atoms with van der Waals surface area (Å²) in [7, 11) is -3.43. The number of hydrogen-bond acceptors (Lipinski definition) is 5. The van der Waals surface area contributed by atoms with Crippen molar-refractivity contribution in [2.75, 3.05) is 19.7 Å². The van der Waals surface area contributed by atoms with E-state index >= 15 is 0 Å². The molecule has 0 radical (unpaired) electrons. The third-order valence-electron chi connectivity index (χ3n) is 6.01. The van der Waals surface area contributed by atoms with Crippen LogP contribution in [0, 0.1) is 0 Å². The molecule has 0 amide bonds. The number of hydrogen-bond donors (Lipinski definition) is 0. The first-order chi connectivity index (χ1) is 16.5. The standard InChI is InChI=1S/C26H33N3O3S2/c1-3-5-19-29-25(20-33-26(29)27-22-11-13-23(14-12-22)32-4-2)21-9-15-24(16-10-21)34(30,31)28-17-7-6-8-18-28/h9-16,20H,3-8,17-19H2,1-2H3. The topological polar surface area (TPSA) is 63.9 Å². The van der Waals surface area contributed by atoms with Gasteiger partial charge in [0.25, 0.3) is 0 Å². The maximum Gasteiger partial charge on any atom is 0.243 e. The summed E-state index contributed by atoms with van der Waals surface area (Å²) in [6, 6.07) is 15.1. The number of nitrogens with zero attached hydrogens (tertiary/aromatic N) is 3. The van der Waals surface area contributed by atoms with Gasteiger partial charge in [-0.1, -0.05) is 31.9 Å². The Balaban J connectivity index is 1.64. The molecule has 1 aromatic heterocycles. The van der Waals surface area contributed by atoms with Gasteiger partial charge in [-0.3, -0.25) is 0 Å². The molecule has 0 aliphatic carbocycles. The number of piperidine rings is 1. The largest absolute Gasteiger partial charge is 0.494 e. The molecule has 0 atom stereocenters. The maximum absolute atomic E-state index is 13.0. The Morgan fingerprint density at radius 2 is 1.68 bits per heavy atom. The van der Waals surface area contributed by atoms with Crippen molar-refractivity contribution in [1.29, 1.82) is 0 Å². The minimum atomic E-state index is -3.43. The molecule has 34 heavy (non-hydrogen) atoms. The molecule has 1 aliphatic rings. The molecule has 4 rings (SSSR count). The van der Waals surface area contributed by atoms with Crippen LogP contribution in [0.4, 0.5) is 5.69 Å². The average Bonchev–Trinajstić information content (AvgIpc) is 3.26. The summed E-state index contributed by atoms with van der Waals surface area (Å²) in [5.74, 6) is 0.840. The lowest BCUT2D eigenvalue weighted by Gasteiger charge is -2.25. The predicted molar refractivity (Wildman–Crippen MR) is 138 cm³/mol. The smallest absolute Gasteiger partial charge is 0.243 e. The number of unbranched alkanes of at least 4 members (excludes halogenated alkanes) is 1. The van der Waals surface area contributed by atoms with Crippen LogP contribution in [-0.2, 0) is 16.6 Å². The van der Waals surface area contributed by atoms with Gasteiger partial charge in [0.05, 0.1) is 22.9 Å². The van der Waals surface area contributed by atoms with Crippen LogP contribution in [0.15, 0.2) is 63.8 Å². The minimum absolute atomic E-state index is 0.368. The van der Waals surface area contributed by atoms with E-state index in [0.717, 1.165) is 66.1 Å². The molecule has 1 fully saturated rings. The zero-order valence-electron chi connectivity index (χ0n) is 19.9. The lowest BCUT2D eigenvalue weighted by molar-refractivity contribution is 0.340. The summed E-state index contributed by atoms with van der Waals surface area (Å²) < 4.78 is 35.4. The highest BCUT2D eigenvalue weighted by molar-refractivity contribution is 7.89. The van der Waals surface area contributed by atoms with Crippen LogP contribution in [0.2, 0.25) is 0 Å². The van der Waals surface area contributed by atoms with Gasteiger partial charge < -0.3 is 9.30 Å². The highest BCUT2D eigenvalue weighted by atomic mass is 32.2. The lowest BCUT2D eigenvalue weighted by atomic mass is 10.1. The van der Waals surface area contributed by atoms with Crippen molar-refractivity contribution >= 4 is 27.0 Å². The lowest BCUT2D eigenvalue weighted by Crippen LogP contribution is -2.35. The van der Waals surface area contributed by atoms with E-state index < -0.39 is 10.0 Å². The second-order valence-electron chi connectivity index (χ2n) is 8.44. The van der Waals surface area contributed by atoms with E-state index in [1.807, 2.05) is 43.3 Å². The number of rotatable bonds is 9. The molecule has 6 nitrogen and oxygen atoms in total. The summed E-state index contributed by atoms with van der Waals surface area (Å²) in [4.78, 5) is 6.18. The molecule has 182 valence electrons. The summed E-state index contributed by atoms with van der Waals surface area (Å²) >= 11 is 1.60. The van der Waals surface area contributed by atoms with Gasteiger partial charge in [-0.05, 0) is 68.1 Å². The fourth-order valence-corrected chi connectivity index (χ4v) is 6.60. The SMILES string of the molecule is CCCCn1c(-c2ccc(S(=O)(=O)N3CCCCC3)cc2)csc1=Nc1ccc(OCC)cc1. The first kappa shape index (κ1) is 24.7. The van der Waals surface area contributed by atoms with Crippen molar-refractivity contribution in [3.05, 3.63) is 58.7 Å². The van der Waals surface area contributed by atoms with Crippen molar-refractivity contribution in [2.24, 2.45) is 4.99 Å². The first-order valence-corrected chi connectivity index (χ1v) is 14.4. The van der Waals surface area contributed by atoms with Crippen molar-refractivity contribution in [2.45, 2.75) is 57.4 Å². The molecular weight excluding hydrogens is 466 g/mol. The van der Waals surface area contributed by atoms with Crippen LogP contribution in [-0.4, -0.2) is 37.0 Å². The van der Waals surface area contributed by atoms with Crippen LogP contribution < -0.4 is 9.54 Å². The molecule has 1 saturated heterocycles. The van der Waals surface area contributed by atoms with Gasteiger partial charge in [-0.15, -0.1) is 11.3 Å². The molecule has 0 N–H and O–H groups in total. The van der Waals surface area contributed by atoms with E-state index in [1.54, 1.807) is 27.8 Å². The van der Waals surface area contributed by atoms with E-state index in [4.69, 9.17) is 9.73 Å². The normalized spacial score (nSPS) is 15.5.